The molecule has 1 N–H and O–H groups in total. The fourth-order valence-electron chi connectivity index (χ4n) is 3.35. The average molecular weight is 406 g/mol. The van der Waals surface area contributed by atoms with Crippen molar-refractivity contribution in [3.63, 3.8) is 0 Å². The van der Waals surface area contributed by atoms with Crippen molar-refractivity contribution < 1.29 is 4.79 Å². The Labute approximate surface area is 179 Å². The number of amides is 1. The van der Waals surface area contributed by atoms with Gasteiger partial charge in [0.1, 0.15) is 5.56 Å². The van der Waals surface area contributed by atoms with Gasteiger partial charge in [-0.05, 0) is 29.8 Å². The minimum Gasteiger partial charge on any atom is -0.322 e. The van der Waals surface area contributed by atoms with Crippen molar-refractivity contribution in [1.29, 1.82) is 5.26 Å². The molecule has 0 unspecified atom stereocenters. The van der Waals surface area contributed by atoms with Crippen molar-refractivity contribution in [3.05, 3.63) is 106 Å². The largest absolute Gasteiger partial charge is 0.322 e. The molecule has 0 aliphatic rings. The Morgan fingerprint density at radius 1 is 0.903 bits per heavy atom. The summed E-state index contributed by atoms with van der Waals surface area (Å²) in [5, 5.41) is 16.2. The second kappa shape index (κ2) is 8.47. The Balaban J connectivity index is 1.92. The normalized spacial score (nSPS) is 10.3. The van der Waals surface area contributed by atoms with Gasteiger partial charge < -0.3 is 5.32 Å². The van der Waals surface area contributed by atoms with E-state index in [1.54, 1.807) is 24.3 Å². The lowest BCUT2D eigenvalue weighted by Crippen LogP contribution is -2.31. The van der Waals surface area contributed by atoms with E-state index in [9.17, 15) is 9.59 Å². The summed E-state index contributed by atoms with van der Waals surface area (Å²) in [5.74, 6) is -0.538. The SMILES string of the molecule is Cn1nc(-c2ccccc2)c(-c2ccccc2)c(C(=O)Nc2ccc(C#N)cc2)c1=O. The third-order valence-electron chi connectivity index (χ3n) is 4.85. The van der Waals surface area contributed by atoms with Gasteiger partial charge in [0.05, 0.1) is 17.3 Å². The molecular formula is C25H18N4O2. The third kappa shape index (κ3) is 3.98. The van der Waals surface area contributed by atoms with E-state index in [0.29, 0.717) is 22.5 Å². The predicted octanol–water partition coefficient (Wildman–Crippen LogP) is 4.24. The Hall–Kier alpha value is -4.50. The number of nitrogens with zero attached hydrogens (tertiary/aromatic N) is 3. The van der Waals surface area contributed by atoms with Gasteiger partial charge in [0.25, 0.3) is 11.5 Å². The number of nitrogens with one attached hydrogen (secondary N) is 1. The molecule has 6 heteroatoms. The number of benzene rings is 3. The van der Waals surface area contributed by atoms with Crippen molar-refractivity contribution in [2.75, 3.05) is 5.32 Å². The zero-order valence-corrected chi connectivity index (χ0v) is 16.7. The lowest BCUT2D eigenvalue weighted by molar-refractivity contribution is 0.102. The molecule has 0 saturated carbocycles. The quantitative estimate of drug-likeness (QED) is 0.549. The Bertz CT molecular complexity index is 1340. The minimum atomic E-state index is -0.538. The van der Waals surface area contributed by atoms with E-state index in [1.165, 1.54) is 11.7 Å². The summed E-state index contributed by atoms with van der Waals surface area (Å²) >= 11 is 0. The van der Waals surface area contributed by atoms with E-state index >= 15 is 0 Å². The summed E-state index contributed by atoms with van der Waals surface area (Å²) in [6.45, 7) is 0. The molecule has 0 spiro atoms. The number of nitriles is 1. The fourth-order valence-corrected chi connectivity index (χ4v) is 3.35. The molecule has 0 radical (unpaired) electrons. The van der Waals surface area contributed by atoms with Gasteiger partial charge in [0, 0.05) is 23.9 Å². The van der Waals surface area contributed by atoms with Gasteiger partial charge in [0.15, 0.2) is 0 Å². The number of carbonyl (C=O) groups is 1. The van der Waals surface area contributed by atoms with Crippen LogP contribution < -0.4 is 10.9 Å². The van der Waals surface area contributed by atoms with E-state index in [1.807, 2.05) is 66.7 Å². The van der Waals surface area contributed by atoms with Crippen molar-refractivity contribution in [2.24, 2.45) is 7.05 Å². The summed E-state index contributed by atoms with van der Waals surface area (Å²) in [5.41, 5.74) is 3.01. The Kier molecular flexibility index (Phi) is 5.41. The second-order valence-corrected chi connectivity index (χ2v) is 6.90. The molecule has 0 atom stereocenters. The standard InChI is InChI=1S/C25H18N4O2/c1-29-25(31)22(24(30)27-20-14-12-17(16-26)13-15-20)21(18-8-4-2-5-9-18)23(28-29)19-10-6-3-7-11-19/h2-15H,1H3,(H,27,30). The predicted molar refractivity (Wildman–Crippen MR) is 119 cm³/mol. The number of hydrogen-bond acceptors (Lipinski definition) is 4. The van der Waals surface area contributed by atoms with E-state index in [0.717, 1.165) is 11.1 Å². The van der Waals surface area contributed by atoms with Crippen LogP contribution in [0.25, 0.3) is 22.4 Å². The Morgan fingerprint density at radius 3 is 2.06 bits per heavy atom. The van der Waals surface area contributed by atoms with Crippen molar-refractivity contribution in [1.82, 2.24) is 9.78 Å². The molecule has 6 nitrogen and oxygen atoms in total. The maximum Gasteiger partial charge on any atom is 0.280 e. The smallest absolute Gasteiger partial charge is 0.280 e. The number of aryl methyl sites for hydroxylation is 1. The first-order valence-corrected chi connectivity index (χ1v) is 9.62. The van der Waals surface area contributed by atoms with Crippen LogP contribution in [0.5, 0.6) is 0 Å². The molecule has 3 aromatic carbocycles. The first kappa shape index (κ1) is 19.8. The van der Waals surface area contributed by atoms with Crippen LogP contribution in [0.4, 0.5) is 5.69 Å². The lowest BCUT2D eigenvalue weighted by Gasteiger charge is -2.16. The van der Waals surface area contributed by atoms with Crippen LogP contribution in [0, 0.1) is 11.3 Å². The molecule has 1 heterocycles. The molecule has 4 aromatic rings. The zero-order chi connectivity index (χ0) is 21.8. The number of aromatic nitrogens is 2. The summed E-state index contributed by atoms with van der Waals surface area (Å²) in [4.78, 5) is 26.4. The van der Waals surface area contributed by atoms with Crippen LogP contribution in [0.2, 0.25) is 0 Å². The summed E-state index contributed by atoms with van der Waals surface area (Å²) in [6, 6.07) is 27.2. The van der Waals surface area contributed by atoms with Crippen LogP contribution in [0.15, 0.2) is 89.7 Å². The molecule has 0 fully saturated rings. The van der Waals surface area contributed by atoms with E-state index < -0.39 is 11.5 Å². The number of carbonyl (C=O) groups excluding carboxylic acids is 1. The highest BCUT2D eigenvalue weighted by atomic mass is 16.2. The second-order valence-electron chi connectivity index (χ2n) is 6.90. The van der Waals surface area contributed by atoms with Gasteiger partial charge >= 0.3 is 0 Å². The van der Waals surface area contributed by atoms with Gasteiger partial charge in [-0.2, -0.15) is 10.4 Å². The maximum atomic E-state index is 13.3. The van der Waals surface area contributed by atoms with E-state index in [4.69, 9.17) is 5.26 Å². The molecule has 0 aliphatic carbocycles. The van der Waals surface area contributed by atoms with Gasteiger partial charge in [-0.3, -0.25) is 9.59 Å². The topological polar surface area (TPSA) is 87.8 Å². The van der Waals surface area contributed by atoms with Gasteiger partial charge in [0.2, 0.25) is 0 Å². The molecule has 0 aliphatic heterocycles. The third-order valence-corrected chi connectivity index (χ3v) is 4.85. The molecular weight excluding hydrogens is 388 g/mol. The van der Waals surface area contributed by atoms with Crippen molar-refractivity contribution >= 4 is 11.6 Å². The van der Waals surface area contributed by atoms with Gasteiger partial charge in [-0.1, -0.05) is 60.7 Å². The molecule has 4 rings (SSSR count). The number of rotatable bonds is 4. The molecule has 150 valence electrons. The van der Waals surface area contributed by atoms with Crippen LogP contribution in [0.1, 0.15) is 15.9 Å². The monoisotopic (exact) mass is 406 g/mol. The van der Waals surface area contributed by atoms with E-state index in [-0.39, 0.29) is 5.56 Å². The molecule has 1 amide bonds. The van der Waals surface area contributed by atoms with Crippen LogP contribution >= 0.6 is 0 Å². The molecule has 0 bridgehead atoms. The molecule has 0 saturated heterocycles. The van der Waals surface area contributed by atoms with Gasteiger partial charge in [-0.15, -0.1) is 0 Å². The van der Waals surface area contributed by atoms with Crippen molar-refractivity contribution in [3.8, 4) is 28.5 Å². The van der Waals surface area contributed by atoms with Crippen LogP contribution in [-0.2, 0) is 7.05 Å². The number of hydrogen-bond donors (Lipinski definition) is 1. The highest BCUT2D eigenvalue weighted by molar-refractivity contribution is 6.10. The Morgan fingerprint density at radius 2 is 1.48 bits per heavy atom. The van der Waals surface area contributed by atoms with Crippen LogP contribution in [0.3, 0.4) is 0 Å². The lowest BCUT2D eigenvalue weighted by atomic mass is 9.95. The fraction of sp³-hybridized carbons (Fsp3) is 0.0400. The molecule has 1 aromatic heterocycles. The van der Waals surface area contributed by atoms with Gasteiger partial charge in [-0.25, -0.2) is 4.68 Å². The summed E-state index contributed by atoms with van der Waals surface area (Å²) in [6.07, 6.45) is 0. The van der Waals surface area contributed by atoms with Crippen molar-refractivity contribution in [2.45, 2.75) is 0 Å². The first-order valence-electron chi connectivity index (χ1n) is 9.62. The summed E-state index contributed by atoms with van der Waals surface area (Å²) in [7, 11) is 1.53. The minimum absolute atomic E-state index is 0.00640. The zero-order valence-electron chi connectivity index (χ0n) is 16.7. The number of anilines is 1. The van der Waals surface area contributed by atoms with Crippen LogP contribution in [-0.4, -0.2) is 15.7 Å². The maximum absolute atomic E-state index is 13.3. The summed E-state index contributed by atoms with van der Waals surface area (Å²) < 4.78 is 1.18. The first-order chi connectivity index (χ1) is 15.1. The highest BCUT2D eigenvalue weighted by Gasteiger charge is 2.24. The van der Waals surface area contributed by atoms with E-state index in [2.05, 4.69) is 10.4 Å². The highest BCUT2D eigenvalue weighted by Crippen LogP contribution is 2.32. The molecule has 31 heavy (non-hydrogen) atoms. The average Bonchev–Trinajstić information content (AvgIpc) is 2.82.